The third kappa shape index (κ3) is 6.17. The number of amides is 3. The first-order valence-electron chi connectivity index (χ1n) is 14.5. The normalized spacial score (nSPS) is 19.3. The van der Waals surface area contributed by atoms with Crippen molar-refractivity contribution in [2.75, 3.05) is 19.6 Å². The van der Waals surface area contributed by atoms with Gasteiger partial charge < -0.3 is 25.4 Å². The number of hydrogen-bond donors (Lipinski definition) is 2. The van der Waals surface area contributed by atoms with E-state index in [1.54, 1.807) is 21.4 Å². The number of para-hydroxylation sites is 2. The van der Waals surface area contributed by atoms with E-state index in [2.05, 4.69) is 10.3 Å². The van der Waals surface area contributed by atoms with E-state index in [1.165, 1.54) is 0 Å². The average Bonchev–Trinajstić information content (AvgIpc) is 3.57. The Balaban J connectivity index is 1.24. The van der Waals surface area contributed by atoms with Gasteiger partial charge in [0.15, 0.2) is 5.82 Å². The van der Waals surface area contributed by atoms with Gasteiger partial charge in [-0.3, -0.25) is 19.2 Å². The molecule has 2 fully saturated rings. The molecule has 0 saturated carbocycles. The van der Waals surface area contributed by atoms with Crippen LogP contribution in [0.3, 0.4) is 0 Å². The standard InChI is InChI=1S/C31H38N6O4/c1-35-25-13-6-5-11-23(25)33-30(35)29(40)24(12-7-8-18-32)34-31(41)26-16-15-22-19-36(20-28(39)37(22)26)27(38)17-14-21-9-3-2-4-10-21/h2-6,9-11,13,22,24,26H,7-8,12,14-20,32H2,1H3,(H,34,41)/t22-,24-,26-/m0/s1. The molecule has 3 N–H and O–H groups in total. The number of imidazole rings is 1. The van der Waals surface area contributed by atoms with Crippen molar-refractivity contribution in [2.45, 2.75) is 63.1 Å². The molecule has 0 unspecified atom stereocenters. The molecule has 216 valence electrons. The van der Waals surface area contributed by atoms with Crippen LogP contribution in [0, 0.1) is 0 Å². The molecule has 0 radical (unpaired) electrons. The van der Waals surface area contributed by atoms with Crippen molar-refractivity contribution >= 4 is 34.5 Å². The maximum absolute atomic E-state index is 13.7. The first-order valence-corrected chi connectivity index (χ1v) is 14.5. The molecule has 3 atom stereocenters. The summed E-state index contributed by atoms with van der Waals surface area (Å²) in [6.07, 6.45) is 3.91. The molecule has 2 aliphatic heterocycles. The quantitative estimate of drug-likeness (QED) is 0.274. The van der Waals surface area contributed by atoms with E-state index in [0.29, 0.717) is 57.1 Å². The maximum atomic E-state index is 13.7. The topological polar surface area (TPSA) is 131 Å². The van der Waals surface area contributed by atoms with Crippen molar-refractivity contribution in [1.82, 2.24) is 24.7 Å². The molecule has 3 heterocycles. The fraction of sp³-hybridized carbons (Fsp3) is 0.452. The highest BCUT2D eigenvalue weighted by atomic mass is 16.2. The summed E-state index contributed by atoms with van der Waals surface area (Å²) in [6.45, 7) is 0.878. The van der Waals surface area contributed by atoms with Gasteiger partial charge in [0, 0.05) is 20.0 Å². The molecule has 2 aliphatic rings. The number of piperazine rings is 1. The Labute approximate surface area is 239 Å². The molecule has 3 amide bonds. The molecule has 0 aliphatic carbocycles. The monoisotopic (exact) mass is 558 g/mol. The number of aryl methyl sites for hydroxylation is 2. The smallest absolute Gasteiger partial charge is 0.243 e. The van der Waals surface area contributed by atoms with Gasteiger partial charge in [0.2, 0.25) is 23.5 Å². The second kappa shape index (κ2) is 12.6. The fourth-order valence-corrected chi connectivity index (χ4v) is 6.06. The van der Waals surface area contributed by atoms with Crippen LogP contribution in [0.15, 0.2) is 54.6 Å². The van der Waals surface area contributed by atoms with E-state index in [0.717, 1.165) is 17.5 Å². The van der Waals surface area contributed by atoms with Crippen LogP contribution in [0.2, 0.25) is 0 Å². The lowest BCUT2D eigenvalue weighted by Crippen LogP contribution is -2.60. The molecule has 5 rings (SSSR count). The van der Waals surface area contributed by atoms with E-state index in [4.69, 9.17) is 5.73 Å². The highest BCUT2D eigenvalue weighted by Gasteiger charge is 2.46. The predicted molar refractivity (Wildman–Crippen MR) is 155 cm³/mol. The number of hydrogen-bond acceptors (Lipinski definition) is 6. The first kappa shape index (κ1) is 28.5. The highest BCUT2D eigenvalue weighted by Crippen LogP contribution is 2.29. The van der Waals surface area contributed by atoms with Crippen LogP contribution in [0.5, 0.6) is 0 Å². The summed E-state index contributed by atoms with van der Waals surface area (Å²) < 4.78 is 1.75. The van der Waals surface area contributed by atoms with Crippen LogP contribution < -0.4 is 11.1 Å². The lowest BCUT2D eigenvalue weighted by atomic mass is 10.0. The molecular formula is C31H38N6O4. The molecule has 10 heteroatoms. The number of nitrogens with zero attached hydrogens (tertiary/aromatic N) is 4. The summed E-state index contributed by atoms with van der Waals surface area (Å²) in [5.41, 5.74) is 8.32. The summed E-state index contributed by atoms with van der Waals surface area (Å²) in [5.74, 6) is -0.596. The van der Waals surface area contributed by atoms with Gasteiger partial charge in [0.25, 0.3) is 0 Å². The maximum Gasteiger partial charge on any atom is 0.243 e. The van der Waals surface area contributed by atoms with Crippen LogP contribution in [0.1, 0.15) is 54.7 Å². The number of aromatic nitrogens is 2. The minimum Gasteiger partial charge on any atom is -0.344 e. The second-order valence-corrected chi connectivity index (χ2v) is 11.0. The van der Waals surface area contributed by atoms with Crippen molar-refractivity contribution in [3.05, 3.63) is 66.0 Å². The van der Waals surface area contributed by atoms with E-state index in [-0.39, 0.29) is 41.9 Å². The number of nitrogens with one attached hydrogen (secondary N) is 1. The number of carbonyl (C=O) groups excluding carboxylic acids is 4. The van der Waals surface area contributed by atoms with Crippen LogP contribution in [0.4, 0.5) is 0 Å². The van der Waals surface area contributed by atoms with Gasteiger partial charge in [-0.15, -0.1) is 0 Å². The lowest BCUT2D eigenvalue weighted by Gasteiger charge is -2.39. The Morgan fingerprint density at radius 3 is 2.56 bits per heavy atom. The molecule has 41 heavy (non-hydrogen) atoms. The first-order chi connectivity index (χ1) is 19.9. The lowest BCUT2D eigenvalue weighted by molar-refractivity contribution is -0.151. The summed E-state index contributed by atoms with van der Waals surface area (Å²) in [7, 11) is 1.79. The molecule has 10 nitrogen and oxygen atoms in total. The minimum absolute atomic E-state index is 0.0351. The Morgan fingerprint density at radius 2 is 1.80 bits per heavy atom. The number of carbonyl (C=O) groups is 4. The van der Waals surface area contributed by atoms with E-state index < -0.39 is 12.1 Å². The summed E-state index contributed by atoms with van der Waals surface area (Å²) in [6, 6.07) is 15.7. The predicted octanol–water partition coefficient (Wildman–Crippen LogP) is 2.20. The Morgan fingerprint density at radius 1 is 1.05 bits per heavy atom. The third-order valence-corrected chi connectivity index (χ3v) is 8.26. The van der Waals surface area contributed by atoms with Crippen molar-refractivity contribution < 1.29 is 19.2 Å². The van der Waals surface area contributed by atoms with E-state index >= 15 is 0 Å². The zero-order valence-electron chi connectivity index (χ0n) is 23.5. The van der Waals surface area contributed by atoms with Crippen LogP contribution in [-0.2, 0) is 27.9 Å². The van der Waals surface area contributed by atoms with Gasteiger partial charge in [0.05, 0.1) is 29.7 Å². The Hall–Kier alpha value is -4.05. The number of rotatable bonds is 11. The number of unbranched alkanes of at least 4 members (excludes halogenated alkanes) is 1. The van der Waals surface area contributed by atoms with E-state index in [9.17, 15) is 19.2 Å². The number of fused-ring (bicyclic) bond motifs is 2. The largest absolute Gasteiger partial charge is 0.344 e. The summed E-state index contributed by atoms with van der Waals surface area (Å²) in [5, 5.41) is 2.96. The summed E-state index contributed by atoms with van der Waals surface area (Å²) in [4.78, 5) is 61.2. The van der Waals surface area contributed by atoms with Crippen molar-refractivity contribution in [2.24, 2.45) is 12.8 Å². The number of benzene rings is 2. The molecule has 0 bridgehead atoms. The minimum atomic E-state index is -0.778. The molecule has 1 aromatic heterocycles. The van der Waals surface area contributed by atoms with Gasteiger partial charge in [-0.25, -0.2) is 4.98 Å². The number of Topliss-reactive ketones (excluding diaryl/α,β-unsaturated/α-hetero) is 1. The van der Waals surface area contributed by atoms with Gasteiger partial charge in [0.1, 0.15) is 6.04 Å². The SMILES string of the molecule is Cn1c(C(=O)[C@H](CCCCN)NC(=O)[C@@H]2CC[C@H]3CN(C(=O)CCc4ccccc4)CC(=O)N32)nc2ccccc21. The molecule has 2 saturated heterocycles. The van der Waals surface area contributed by atoms with E-state index in [1.807, 2.05) is 54.6 Å². The van der Waals surface area contributed by atoms with Gasteiger partial charge in [-0.2, -0.15) is 0 Å². The third-order valence-electron chi connectivity index (χ3n) is 8.26. The van der Waals surface area contributed by atoms with Crippen LogP contribution >= 0.6 is 0 Å². The zero-order chi connectivity index (χ0) is 28.9. The van der Waals surface area contributed by atoms with Crippen molar-refractivity contribution in [3.8, 4) is 0 Å². The Bertz CT molecular complexity index is 1420. The summed E-state index contributed by atoms with van der Waals surface area (Å²) >= 11 is 0. The van der Waals surface area contributed by atoms with Gasteiger partial charge >= 0.3 is 0 Å². The zero-order valence-corrected chi connectivity index (χ0v) is 23.5. The number of nitrogens with two attached hydrogens (primary N) is 1. The van der Waals surface area contributed by atoms with Crippen LogP contribution in [0.25, 0.3) is 11.0 Å². The fourth-order valence-electron chi connectivity index (χ4n) is 6.06. The second-order valence-electron chi connectivity index (χ2n) is 11.0. The molecular weight excluding hydrogens is 520 g/mol. The molecule has 0 spiro atoms. The number of ketones is 1. The average molecular weight is 559 g/mol. The Kier molecular flexibility index (Phi) is 8.78. The van der Waals surface area contributed by atoms with Crippen LogP contribution in [-0.4, -0.2) is 80.6 Å². The van der Waals surface area contributed by atoms with Crippen molar-refractivity contribution in [1.29, 1.82) is 0 Å². The van der Waals surface area contributed by atoms with Gasteiger partial charge in [-0.1, -0.05) is 42.5 Å². The molecule has 3 aromatic rings. The molecule has 2 aromatic carbocycles. The van der Waals surface area contributed by atoms with Gasteiger partial charge in [-0.05, 0) is 62.8 Å². The highest BCUT2D eigenvalue weighted by molar-refractivity contribution is 6.02. The van der Waals surface area contributed by atoms with Crippen molar-refractivity contribution in [3.63, 3.8) is 0 Å².